The predicted octanol–water partition coefficient (Wildman–Crippen LogP) is 2.73. The van der Waals surface area contributed by atoms with E-state index in [2.05, 4.69) is 27.4 Å². The lowest BCUT2D eigenvalue weighted by atomic mass is 10.1. The van der Waals surface area contributed by atoms with Gasteiger partial charge in [-0.1, -0.05) is 0 Å². The van der Waals surface area contributed by atoms with Crippen LogP contribution in [0.5, 0.6) is 5.75 Å². The molecule has 1 heterocycles. The fourth-order valence-corrected chi connectivity index (χ4v) is 1.74. The number of aromatic nitrogens is 2. The average molecular weight is 285 g/mol. The maximum absolute atomic E-state index is 11.2. The molecule has 100 valence electrons. The Hall–Kier alpha value is -2.56. The number of amides is 1. The van der Waals surface area contributed by atoms with Gasteiger partial charge in [-0.25, -0.2) is 0 Å². The molecule has 0 aliphatic rings. The van der Waals surface area contributed by atoms with Crippen LogP contribution >= 0.6 is 12.2 Å². The van der Waals surface area contributed by atoms with Crippen LogP contribution < -0.4 is 4.74 Å². The molecule has 0 spiro atoms. The van der Waals surface area contributed by atoms with Crippen molar-refractivity contribution in [2.45, 2.75) is 0 Å². The van der Waals surface area contributed by atoms with Crippen molar-refractivity contribution in [2.75, 3.05) is 7.11 Å². The third kappa shape index (κ3) is 3.26. The standard InChI is InChI=1S/C14H11N3O2S/c1-19-12-5-2-10(3-6-12)14-11(8-16-17-14)4-7-13(18)15-9-20/h2-8H,1H3,(H,16,17). The molecular formula is C14H11N3O2S. The van der Waals surface area contributed by atoms with Crippen molar-refractivity contribution in [1.82, 2.24) is 10.2 Å². The number of ether oxygens (including phenoxy) is 1. The van der Waals surface area contributed by atoms with Crippen LogP contribution in [0.25, 0.3) is 17.3 Å². The van der Waals surface area contributed by atoms with Crippen molar-refractivity contribution < 1.29 is 9.53 Å². The van der Waals surface area contributed by atoms with Gasteiger partial charge in [0.1, 0.15) is 5.75 Å². The SMILES string of the molecule is COc1ccc(-c2[nH]ncc2C=CC(=O)N=C=S)cc1. The first-order chi connectivity index (χ1) is 9.74. The molecule has 2 rings (SSSR count). The molecule has 20 heavy (non-hydrogen) atoms. The number of nitrogens with one attached hydrogen (secondary N) is 1. The second kappa shape index (κ2) is 6.56. The summed E-state index contributed by atoms with van der Waals surface area (Å²) in [4.78, 5) is 14.6. The molecule has 1 amide bonds. The Balaban J connectivity index is 2.27. The number of thiocarbonyl (C=S) groups is 1. The molecule has 0 saturated heterocycles. The van der Waals surface area contributed by atoms with Gasteiger partial charge in [-0.2, -0.15) is 10.1 Å². The summed E-state index contributed by atoms with van der Waals surface area (Å²) in [6.07, 6.45) is 4.57. The van der Waals surface area contributed by atoms with Gasteiger partial charge in [0.2, 0.25) is 0 Å². The van der Waals surface area contributed by atoms with Crippen molar-refractivity contribution in [1.29, 1.82) is 0 Å². The summed E-state index contributed by atoms with van der Waals surface area (Å²) in [5.74, 6) is 0.317. The number of hydrogen-bond donors (Lipinski definition) is 1. The maximum Gasteiger partial charge on any atom is 0.278 e. The number of aliphatic imine (C=N–C) groups is 1. The van der Waals surface area contributed by atoms with E-state index in [9.17, 15) is 4.79 Å². The molecular weight excluding hydrogens is 274 g/mol. The summed E-state index contributed by atoms with van der Waals surface area (Å²) >= 11 is 4.37. The summed E-state index contributed by atoms with van der Waals surface area (Å²) < 4.78 is 5.11. The van der Waals surface area contributed by atoms with Crippen LogP contribution in [0.15, 0.2) is 41.5 Å². The van der Waals surface area contributed by atoms with E-state index >= 15 is 0 Å². The fraction of sp³-hybridized carbons (Fsp3) is 0.0714. The Morgan fingerprint density at radius 2 is 2.20 bits per heavy atom. The highest BCUT2D eigenvalue weighted by molar-refractivity contribution is 7.78. The van der Waals surface area contributed by atoms with Crippen LogP contribution in [0.2, 0.25) is 0 Å². The highest BCUT2D eigenvalue weighted by Crippen LogP contribution is 2.24. The van der Waals surface area contributed by atoms with Crippen LogP contribution in [0, 0.1) is 0 Å². The number of aromatic amines is 1. The molecule has 0 saturated carbocycles. The van der Waals surface area contributed by atoms with E-state index in [1.54, 1.807) is 19.4 Å². The van der Waals surface area contributed by atoms with Gasteiger partial charge in [0.05, 0.1) is 24.2 Å². The minimum absolute atomic E-state index is 0.457. The topological polar surface area (TPSA) is 67.3 Å². The van der Waals surface area contributed by atoms with Crippen LogP contribution in [-0.2, 0) is 4.79 Å². The van der Waals surface area contributed by atoms with Crippen molar-refractivity contribution in [3.63, 3.8) is 0 Å². The Morgan fingerprint density at radius 3 is 2.85 bits per heavy atom. The first-order valence-electron chi connectivity index (χ1n) is 5.72. The lowest BCUT2D eigenvalue weighted by Gasteiger charge is -2.02. The number of nitrogens with zero attached hydrogens (tertiary/aromatic N) is 2. The maximum atomic E-state index is 11.2. The molecule has 0 fully saturated rings. The molecule has 0 atom stereocenters. The van der Waals surface area contributed by atoms with Crippen molar-refractivity contribution in [3.05, 3.63) is 42.1 Å². The number of rotatable bonds is 4. The number of isothiocyanates is 1. The van der Waals surface area contributed by atoms with Crippen LogP contribution in [0.1, 0.15) is 5.56 Å². The molecule has 6 heteroatoms. The second-order valence-electron chi connectivity index (χ2n) is 3.80. The molecule has 0 bridgehead atoms. The van der Waals surface area contributed by atoms with Crippen LogP contribution in [0.4, 0.5) is 0 Å². The smallest absolute Gasteiger partial charge is 0.278 e. The molecule has 0 radical (unpaired) electrons. The van der Waals surface area contributed by atoms with Gasteiger partial charge in [0, 0.05) is 17.2 Å². The van der Waals surface area contributed by atoms with Gasteiger partial charge in [-0.15, -0.1) is 0 Å². The van der Waals surface area contributed by atoms with Crippen LogP contribution in [-0.4, -0.2) is 28.4 Å². The minimum atomic E-state index is -0.457. The molecule has 1 aromatic heterocycles. The predicted molar refractivity (Wildman–Crippen MR) is 79.6 cm³/mol. The third-order valence-corrected chi connectivity index (χ3v) is 2.70. The third-order valence-electron chi connectivity index (χ3n) is 2.61. The number of hydrogen-bond acceptors (Lipinski definition) is 4. The van der Waals surface area contributed by atoms with E-state index in [1.807, 2.05) is 29.4 Å². The number of carbonyl (C=O) groups excluding carboxylic acids is 1. The molecule has 5 nitrogen and oxygen atoms in total. The monoisotopic (exact) mass is 285 g/mol. The number of methoxy groups -OCH3 is 1. The zero-order chi connectivity index (χ0) is 14.4. The Morgan fingerprint density at radius 1 is 1.45 bits per heavy atom. The fourth-order valence-electron chi connectivity index (χ4n) is 1.65. The average Bonchev–Trinajstić information content (AvgIpc) is 2.94. The quantitative estimate of drug-likeness (QED) is 0.533. The molecule has 0 unspecified atom stereocenters. The van der Waals surface area contributed by atoms with Gasteiger partial charge >= 0.3 is 0 Å². The van der Waals surface area contributed by atoms with E-state index in [1.165, 1.54) is 6.08 Å². The normalized spacial score (nSPS) is 10.2. The molecule has 2 aromatic rings. The number of carbonyl (C=O) groups is 1. The van der Waals surface area contributed by atoms with E-state index in [0.717, 1.165) is 22.6 Å². The van der Waals surface area contributed by atoms with E-state index in [-0.39, 0.29) is 0 Å². The lowest BCUT2D eigenvalue weighted by molar-refractivity contribution is -0.113. The molecule has 0 aliphatic heterocycles. The summed E-state index contributed by atoms with van der Waals surface area (Å²) in [5, 5.41) is 8.90. The van der Waals surface area contributed by atoms with Crippen LogP contribution in [0.3, 0.4) is 0 Å². The zero-order valence-electron chi connectivity index (χ0n) is 10.7. The van der Waals surface area contributed by atoms with Gasteiger partial charge in [0.15, 0.2) is 0 Å². The van der Waals surface area contributed by atoms with E-state index < -0.39 is 5.91 Å². The highest BCUT2D eigenvalue weighted by Gasteiger charge is 2.05. The minimum Gasteiger partial charge on any atom is -0.497 e. The Labute approximate surface area is 121 Å². The number of benzene rings is 1. The molecule has 0 aliphatic carbocycles. The number of H-pyrrole nitrogens is 1. The van der Waals surface area contributed by atoms with Crippen molar-refractivity contribution in [3.8, 4) is 17.0 Å². The second-order valence-corrected chi connectivity index (χ2v) is 3.99. The van der Waals surface area contributed by atoms with E-state index in [4.69, 9.17) is 4.74 Å². The summed E-state index contributed by atoms with van der Waals surface area (Å²) in [5.41, 5.74) is 2.53. The molecule has 1 N–H and O–H groups in total. The first kappa shape index (κ1) is 13.9. The summed E-state index contributed by atoms with van der Waals surface area (Å²) in [7, 11) is 1.61. The first-order valence-corrected chi connectivity index (χ1v) is 6.13. The van der Waals surface area contributed by atoms with Gasteiger partial charge in [-0.3, -0.25) is 9.89 Å². The van der Waals surface area contributed by atoms with Crippen molar-refractivity contribution >= 4 is 29.4 Å². The molecule has 1 aromatic carbocycles. The Bertz CT molecular complexity index is 683. The van der Waals surface area contributed by atoms with E-state index in [0.29, 0.717) is 0 Å². The summed E-state index contributed by atoms with van der Waals surface area (Å²) in [6.45, 7) is 0. The van der Waals surface area contributed by atoms with Crippen molar-refractivity contribution in [2.24, 2.45) is 4.99 Å². The lowest BCUT2D eigenvalue weighted by Crippen LogP contribution is -1.86. The Kier molecular flexibility index (Phi) is 4.55. The summed E-state index contributed by atoms with van der Waals surface area (Å²) in [6, 6.07) is 7.51. The highest BCUT2D eigenvalue weighted by atomic mass is 32.1. The van der Waals surface area contributed by atoms with Gasteiger partial charge in [0.25, 0.3) is 5.91 Å². The van der Waals surface area contributed by atoms with Gasteiger partial charge in [-0.05, 0) is 42.6 Å². The van der Waals surface area contributed by atoms with Gasteiger partial charge < -0.3 is 4.74 Å². The largest absolute Gasteiger partial charge is 0.497 e. The zero-order valence-corrected chi connectivity index (χ0v) is 11.5.